The number of hydrogen-bond acceptors (Lipinski definition) is 1. The van der Waals surface area contributed by atoms with Crippen LogP contribution < -0.4 is 0 Å². The molecule has 0 saturated heterocycles. The molecule has 0 unspecified atom stereocenters. The van der Waals surface area contributed by atoms with Crippen molar-refractivity contribution in [2.24, 2.45) is 4.99 Å². The highest BCUT2D eigenvalue weighted by molar-refractivity contribution is 5.29. The maximum atomic E-state index is 3.86. The summed E-state index contributed by atoms with van der Waals surface area (Å²) in [7, 11) is 0. The summed E-state index contributed by atoms with van der Waals surface area (Å²) in [5.74, 6) is 0. The molecule has 0 bridgehead atoms. The van der Waals surface area contributed by atoms with Gasteiger partial charge in [-0.3, -0.25) is 4.99 Å². The Morgan fingerprint density at radius 2 is 2.38 bits per heavy atom. The van der Waals surface area contributed by atoms with E-state index in [0.717, 1.165) is 6.42 Å². The Kier molecular flexibility index (Phi) is 1.84. The van der Waals surface area contributed by atoms with Crippen LogP contribution >= 0.6 is 0 Å². The zero-order chi connectivity index (χ0) is 5.82. The van der Waals surface area contributed by atoms with Crippen molar-refractivity contribution in [1.82, 2.24) is 0 Å². The molecule has 0 amide bonds. The second-order valence-corrected chi connectivity index (χ2v) is 2.10. The molecular weight excluding hydrogens is 98.1 g/mol. The minimum absolute atomic E-state index is 1.14. The van der Waals surface area contributed by atoms with Crippen LogP contribution in [0.4, 0.5) is 0 Å². The van der Waals surface area contributed by atoms with Gasteiger partial charge in [-0.2, -0.15) is 0 Å². The molecule has 1 aliphatic rings. The van der Waals surface area contributed by atoms with E-state index in [2.05, 4.69) is 17.8 Å². The summed E-state index contributed by atoms with van der Waals surface area (Å²) < 4.78 is 0. The van der Waals surface area contributed by atoms with Gasteiger partial charge in [0.2, 0.25) is 0 Å². The Hall–Kier alpha value is -0.590. The second kappa shape index (κ2) is 2.65. The lowest BCUT2D eigenvalue weighted by Gasteiger charge is -2.05. The first-order chi connectivity index (χ1) is 3.93. The summed E-state index contributed by atoms with van der Waals surface area (Å²) in [6.45, 7) is 3.47. The molecule has 0 N–H and O–H groups in total. The van der Waals surface area contributed by atoms with Gasteiger partial charge in [0.25, 0.3) is 0 Å². The minimum atomic E-state index is 1.14. The van der Waals surface area contributed by atoms with E-state index in [1.807, 2.05) is 0 Å². The molecule has 0 radical (unpaired) electrons. The first-order valence-electron chi connectivity index (χ1n) is 3.09. The number of rotatable bonds is 1. The van der Waals surface area contributed by atoms with Crippen molar-refractivity contribution in [1.29, 1.82) is 0 Å². The standard InChI is InChI=1S/C7H11N/c1-8-7-5-3-2-4-6-7/h5H,1-4,6H2. The fourth-order valence-corrected chi connectivity index (χ4v) is 0.965. The highest BCUT2D eigenvalue weighted by Gasteiger charge is 1.98. The van der Waals surface area contributed by atoms with E-state index >= 15 is 0 Å². The van der Waals surface area contributed by atoms with Crippen LogP contribution in [-0.2, 0) is 0 Å². The van der Waals surface area contributed by atoms with E-state index in [4.69, 9.17) is 0 Å². The topological polar surface area (TPSA) is 12.4 Å². The zero-order valence-electron chi connectivity index (χ0n) is 5.06. The van der Waals surface area contributed by atoms with Crippen molar-refractivity contribution in [2.45, 2.75) is 25.7 Å². The second-order valence-electron chi connectivity index (χ2n) is 2.10. The molecule has 0 spiro atoms. The average molecular weight is 109 g/mol. The first-order valence-corrected chi connectivity index (χ1v) is 3.09. The molecule has 0 aromatic carbocycles. The molecule has 1 nitrogen and oxygen atoms in total. The maximum absolute atomic E-state index is 3.86. The largest absolute Gasteiger partial charge is 0.269 e. The summed E-state index contributed by atoms with van der Waals surface area (Å²) in [4.78, 5) is 3.86. The van der Waals surface area contributed by atoms with Crippen molar-refractivity contribution < 1.29 is 0 Å². The van der Waals surface area contributed by atoms with Gasteiger partial charge in [0, 0.05) is 5.70 Å². The average Bonchev–Trinajstić information content (AvgIpc) is 1.90. The number of nitrogens with zero attached hydrogens (tertiary/aromatic N) is 1. The first kappa shape index (κ1) is 5.54. The molecule has 0 aromatic heterocycles. The Morgan fingerprint density at radius 1 is 1.50 bits per heavy atom. The SMILES string of the molecule is C=NC1=CCCCC1. The lowest BCUT2D eigenvalue weighted by Crippen LogP contribution is -1.86. The lowest BCUT2D eigenvalue weighted by molar-refractivity contribution is 0.697. The van der Waals surface area contributed by atoms with Gasteiger partial charge in [0.1, 0.15) is 0 Å². The molecule has 0 aromatic rings. The normalized spacial score (nSPS) is 19.8. The van der Waals surface area contributed by atoms with Crippen LogP contribution in [0.15, 0.2) is 16.8 Å². The van der Waals surface area contributed by atoms with E-state index < -0.39 is 0 Å². The van der Waals surface area contributed by atoms with Gasteiger partial charge in [-0.25, -0.2) is 0 Å². The third-order valence-electron chi connectivity index (χ3n) is 1.47. The van der Waals surface area contributed by atoms with Gasteiger partial charge in [0.15, 0.2) is 0 Å². The summed E-state index contributed by atoms with van der Waals surface area (Å²) in [5.41, 5.74) is 1.19. The van der Waals surface area contributed by atoms with Gasteiger partial charge < -0.3 is 0 Å². The van der Waals surface area contributed by atoms with E-state index in [1.54, 1.807) is 0 Å². The molecule has 0 heterocycles. The van der Waals surface area contributed by atoms with Gasteiger partial charge in [0.05, 0.1) is 0 Å². The van der Waals surface area contributed by atoms with Crippen LogP contribution in [0.1, 0.15) is 25.7 Å². The van der Waals surface area contributed by atoms with Crippen LogP contribution in [0, 0.1) is 0 Å². The Balaban J connectivity index is 2.49. The fourth-order valence-electron chi connectivity index (χ4n) is 0.965. The van der Waals surface area contributed by atoms with Gasteiger partial charge in [-0.1, -0.05) is 6.08 Å². The van der Waals surface area contributed by atoms with Crippen molar-refractivity contribution in [3.8, 4) is 0 Å². The number of aliphatic imine (C=N–C) groups is 1. The minimum Gasteiger partial charge on any atom is -0.269 e. The van der Waals surface area contributed by atoms with Crippen LogP contribution in [0.25, 0.3) is 0 Å². The van der Waals surface area contributed by atoms with E-state index in [9.17, 15) is 0 Å². The molecule has 8 heavy (non-hydrogen) atoms. The molecule has 1 heteroatoms. The van der Waals surface area contributed by atoms with Crippen LogP contribution in [0.3, 0.4) is 0 Å². The molecule has 0 atom stereocenters. The third-order valence-corrected chi connectivity index (χ3v) is 1.47. The van der Waals surface area contributed by atoms with E-state index in [1.165, 1.54) is 25.0 Å². The molecule has 0 aliphatic heterocycles. The van der Waals surface area contributed by atoms with Gasteiger partial charge in [-0.15, -0.1) is 0 Å². The monoisotopic (exact) mass is 109 g/mol. The molecule has 44 valence electrons. The molecule has 1 aliphatic carbocycles. The number of hydrogen-bond donors (Lipinski definition) is 0. The van der Waals surface area contributed by atoms with Gasteiger partial charge >= 0.3 is 0 Å². The van der Waals surface area contributed by atoms with Crippen LogP contribution in [-0.4, -0.2) is 6.72 Å². The summed E-state index contributed by atoms with van der Waals surface area (Å²) in [5, 5.41) is 0. The highest BCUT2D eigenvalue weighted by Crippen LogP contribution is 2.16. The Morgan fingerprint density at radius 3 is 2.75 bits per heavy atom. The number of allylic oxidation sites excluding steroid dienone is 2. The Bertz CT molecular complexity index is 114. The predicted molar refractivity (Wildman–Crippen MR) is 36.1 cm³/mol. The predicted octanol–water partition coefficient (Wildman–Crippen LogP) is 2.14. The summed E-state index contributed by atoms with van der Waals surface area (Å²) >= 11 is 0. The van der Waals surface area contributed by atoms with Gasteiger partial charge in [-0.05, 0) is 32.4 Å². The smallest absolute Gasteiger partial charge is 0.0356 e. The van der Waals surface area contributed by atoms with Crippen molar-refractivity contribution in [3.05, 3.63) is 11.8 Å². The Labute approximate surface area is 50.1 Å². The van der Waals surface area contributed by atoms with Crippen molar-refractivity contribution in [3.63, 3.8) is 0 Å². The molecular formula is C7H11N. The molecule has 1 rings (SSSR count). The zero-order valence-corrected chi connectivity index (χ0v) is 5.06. The van der Waals surface area contributed by atoms with E-state index in [-0.39, 0.29) is 0 Å². The summed E-state index contributed by atoms with van der Waals surface area (Å²) in [6.07, 6.45) is 7.15. The highest BCUT2D eigenvalue weighted by atomic mass is 14.7. The lowest BCUT2D eigenvalue weighted by atomic mass is 10.1. The molecule has 0 saturated carbocycles. The molecule has 0 fully saturated rings. The van der Waals surface area contributed by atoms with Crippen molar-refractivity contribution in [2.75, 3.05) is 0 Å². The van der Waals surface area contributed by atoms with Crippen molar-refractivity contribution >= 4 is 6.72 Å². The van der Waals surface area contributed by atoms with Crippen LogP contribution in [0.2, 0.25) is 0 Å². The fraction of sp³-hybridized carbons (Fsp3) is 0.571. The van der Waals surface area contributed by atoms with E-state index in [0.29, 0.717) is 0 Å². The third kappa shape index (κ3) is 1.19. The maximum Gasteiger partial charge on any atom is 0.0356 e. The van der Waals surface area contributed by atoms with Crippen LogP contribution in [0.5, 0.6) is 0 Å². The quantitative estimate of drug-likeness (QED) is 0.457. The summed E-state index contributed by atoms with van der Waals surface area (Å²) in [6, 6.07) is 0.